The zero-order valence-electron chi connectivity index (χ0n) is 9.08. The van der Waals surface area contributed by atoms with Gasteiger partial charge >= 0.3 is 0 Å². The molecule has 0 aliphatic carbocycles. The predicted molar refractivity (Wildman–Crippen MR) is 72.3 cm³/mol. The van der Waals surface area contributed by atoms with Crippen molar-refractivity contribution < 1.29 is 4.39 Å². The topological polar surface area (TPSA) is 38.0 Å². The minimum Gasteiger partial charge on any atom is -0.398 e. The summed E-state index contributed by atoms with van der Waals surface area (Å²) in [5.41, 5.74) is 8.28. The SMILES string of the molecule is Nc1ccccc1CNc1ccc(Br)c(F)c1. The first-order chi connectivity index (χ1) is 8.16. The predicted octanol–water partition coefficient (Wildman–Crippen LogP) is 3.78. The van der Waals surface area contributed by atoms with Crippen LogP contribution in [0.15, 0.2) is 46.9 Å². The molecule has 0 fully saturated rings. The van der Waals surface area contributed by atoms with Gasteiger partial charge < -0.3 is 11.1 Å². The van der Waals surface area contributed by atoms with Gasteiger partial charge in [0.05, 0.1) is 4.47 Å². The number of rotatable bonds is 3. The largest absolute Gasteiger partial charge is 0.398 e. The Morgan fingerprint density at radius 1 is 1.18 bits per heavy atom. The number of anilines is 2. The molecule has 4 heteroatoms. The minimum atomic E-state index is -0.281. The first kappa shape index (κ1) is 11.9. The zero-order chi connectivity index (χ0) is 12.3. The van der Waals surface area contributed by atoms with Gasteiger partial charge in [-0.05, 0) is 45.8 Å². The molecule has 0 unspecified atom stereocenters. The molecule has 0 radical (unpaired) electrons. The van der Waals surface area contributed by atoms with Crippen molar-refractivity contribution in [3.05, 3.63) is 58.3 Å². The van der Waals surface area contributed by atoms with E-state index in [0.717, 1.165) is 16.9 Å². The Balaban J connectivity index is 2.08. The van der Waals surface area contributed by atoms with Crippen molar-refractivity contribution in [2.75, 3.05) is 11.1 Å². The average Bonchev–Trinajstić information content (AvgIpc) is 2.32. The Morgan fingerprint density at radius 2 is 1.94 bits per heavy atom. The molecule has 0 amide bonds. The van der Waals surface area contributed by atoms with Crippen molar-refractivity contribution in [2.45, 2.75) is 6.54 Å². The van der Waals surface area contributed by atoms with Gasteiger partial charge in [0.1, 0.15) is 5.82 Å². The maximum atomic E-state index is 13.3. The lowest BCUT2D eigenvalue weighted by Gasteiger charge is -2.09. The maximum absolute atomic E-state index is 13.3. The highest BCUT2D eigenvalue weighted by Crippen LogP contribution is 2.20. The third-order valence-corrected chi connectivity index (χ3v) is 3.10. The molecule has 2 nitrogen and oxygen atoms in total. The molecule has 0 saturated carbocycles. The first-order valence-electron chi connectivity index (χ1n) is 5.19. The van der Waals surface area contributed by atoms with E-state index < -0.39 is 0 Å². The summed E-state index contributed by atoms with van der Waals surface area (Å²) < 4.78 is 13.7. The highest BCUT2D eigenvalue weighted by Gasteiger charge is 2.01. The lowest BCUT2D eigenvalue weighted by molar-refractivity contribution is 0.621. The summed E-state index contributed by atoms with van der Waals surface area (Å²) >= 11 is 3.11. The van der Waals surface area contributed by atoms with E-state index in [1.807, 2.05) is 30.3 Å². The quantitative estimate of drug-likeness (QED) is 0.846. The second-order valence-electron chi connectivity index (χ2n) is 3.68. The summed E-state index contributed by atoms with van der Waals surface area (Å²) in [6.07, 6.45) is 0. The third kappa shape index (κ3) is 2.97. The van der Waals surface area contributed by atoms with E-state index in [1.54, 1.807) is 6.07 Å². The number of halogens is 2. The molecule has 0 saturated heterocycles. The second kappa shape index (κ2) is 5.19. The summed E-state index contributed by atoms with van der Waals surface area (Å²) in [4.78, 5) is 0. The Bertz CT molecular complexity index is 529. The monoisotopic (exact) mass is 294 g/mol. The standard InChI is InChI=1S/C13H12BrFN2/c14-11-6-5-10(7-12(11)15)17-8-9-3-1-2-4-13(9)16/h1-7,17H,8,16H2. The Labute approximate surface area is 108 Å². The van der Waals surface area contributed by atoms with Crippen LogP contribution >= 0.6 is 15.9 Å². The molecule has 0 aromatic heterocycles. The van der Waals surface area contributed by atoms with E-state index in [1.165, 1.54) is 6.07 Å². The lowest BCUT2D eigenvalue weighted by atomic mass is 10.2. The van der Waals surface area contributed by atoms with Crippen molar-refractivity contribution in [1.29, 1.82) is 0 Å². The van der Waals surface area contributed by atoms with Gasteiger partial charge in [0.2, 0.25) is 0 Å². The number of nitrogen functional groups attached to an aromatic ring is 1. The fourth-order valence-electron chi connectivity index (χ4n) is 1.50. The van der Waals surface area contributed by atoms with Crippen LogP contribution in [0.2, 0.25) is 0 Å². The number of hydrogen-bond donors (Lipinski definition) is 2. The van der Waals surface area contributed by atoms with Crippen molar-refractivity contribution in [1.82, 2.24) is 0 Å². The molecule has 0 aliphatic heterocycles. The summed E-state index contributed by atoms with van der Waals surface area (Å²) in [5.74, 6) is -0.281. The van der Waals surface area contributed by atoms with Crippen LogP contribution in [0.3, 0.4) is 0 Å². The van der Waals surface area contributed by atoms with Crippen LogP contribution in [-0.2, 0) is 6.54 Å². The van der Waals surface area contributed by atoms with Crippen LogP contribution in [0.5, 0.6) is 0 Å². The van der Waals surface area contributed by atoms with Gasteiger partial charge in [0.15, 0.2) is 0 Å². The molecule has 3 N–H and O–H groups in total. The molecule has 0 atom stereocenters. The number of nitrogens with two attached hydrogens (primary N) is 1. The first-order valence-corrected chi connectivity index (χ1v) is 5.98. The van der Waals surface area contributed by atoms with Gasteiger partial charge in [0, 0.05) is 17.9 Å². The van der Waals surface area contributed by atoms with Crippen LogP contribution in [-0.4, -0.2) is 0 Å². The number of benzene rings is 2. The van der Waals surface area contributed by atoms with Crippen LogP contribution in [0.1, 0.15) is 5.56 Å². The fraction of sp³-hybridized carbons (Fsp3) is 0.0769. The molecule has 0 aliphatic rings. The maximum Gasteiger partial charge on any atom is 0.139 e. The van der Waals surface area contributed by atoms with E-state index in [0.29, 0.717) is 11.0 Å². The summed E-state index contributed by atoms with van der Waals surface area (Å²) in [7, 11) is 0. The van der Waals surface area contributed by atoms with E-state index >= 15 is 0 Å². The van der Waals surface area contributed by atoms with Gasteiger partial charge in [0.25, 0.3) is 0 Å². The van der Waals surface area contributed by atoms with E-state index in [2.05, 4.69) is 21.2 Å². The Hall–Kier alpha value is -1.55. The van der Waals surface area contributed by atoms with Crippen molar-refractivity contribution in [3.63, 3.8) is 0 Å². The van der Waals surface area contributed by atoms with Crippen LogP contribution in [0, 0.1) is 5.82 Å². The third-order valence-electron chi connectivity index (χ3n) is 2.46. The zero-order valence-corrected chi connectivity index (χ0v) is 10.7. The number of hydrogen-bond acceptors (Lipinski definition) is 2. The normalized spacial score (nSPS) is 10.2. The van der Waals surface area contributed by atoms with Crippen LogP contribution in [0.25, 0.3) is 0 Å². The molecule has 2 rings (SSSR count). The molecule has 17 heavy (non-hydrogen) atoms. The van der Waals surface area contributed by atoms with Crippen molar-refractivity contribution >= 4 is 27.3 Å². The fourth-order valence-corrected chi connectivity index (χ4v) is 1.75. The van der Waals surface area contributed by atoms with Crippen LogP contribution < -0.4 is 11.1 Å². The molecule has 0 bridgehead atoms. The lowest BCUT2D eigenvalue weighted by Crippen LogP contribution is -2.02. The Morgan fingerprint density at radius 3 is 2.65 bits per heavy atom. The molecule has 0 spiro atoms. The number of para-hydroxylation sites is 1. The van der Waals surface area contributed by atoms with E-state index in [9.17, 15) is 4.39 Å². The van der Waals surface area contributed by atoms with E-state index in [-0.39, 0.29) is 5.82 Å². The molecular formula is C13H12BrFN2. The van der Waals surface area contributed by atoms with Gasteiger partial charge in [-0.1, -0.05) is 18.2 Å². The molecule has 2 aromatic carbocycles. The average molecular weight is 295 g/mol. The van der Waals surface area contributed by atoms with Gasteiger partial charge in [-0.15, -0.1) is 0 Å². The minimum absolute atomic E-state index is 0.281. The van der Waals surface area contributed by atoms with Gasteiger partial charge in [-0.3, -0.25) is 0 Å². The summed E-state index contributed by atoms with van der Waals surface area (Å²) in [6, 6.07) is 12.5. The molecule has 0 heterocycles. The smallest absolute Gasteiger partial charge is 0.139 e. The second-order valence-corrected chi connectivity index (χ2v) is 4.54. The summed E-state index contributed by atoms with van der Waals surface area (Å²) in [5, 5.41) is 3.13. The van der Waals surface area contributed by atoms with Crippen LogP contribution in [0.4, 0.5) is 15.8 Å². The molecule has 2 aromatic rings. The van der Waals surface area contributed by atoms with Crippen molar-refractivity contribution in [3.8, 4) is 0 Å². The molecular weight excluding hydrogens is 283 g/mol. The highest BCUT2D eigenvalue weighted by molar-refractivity contribution is 9.10. The van der Waals surface area contributed by atoms with Crippen molar-refractivity contribution in [2.24, 2.45) is 0 Å². The van der Waals surface area contributed by atoms with Gasteiger partial charge in [-0.25, -0.2) is 4.39 Å². The Kier molecular flexibility index (Phi) is 3.64. The molecule has 88 valence electrons. The number of nitrogens with one attached hydrogen (secondary N) is 1. The van der Waals surface area contributed by atoms with E-state index in [4.69, 9.17) is 5.73 Å². The van der Waals surface area contributed by atoms with Gasteiger partial charge in [-0.2, -0.15) is 0 Å². The highest BCUT2D eigenvalue weighted by atomic mass is 79.9. The summed E-state index contributed by atoms with van der Waals surface area (Å²) in [6.45, 7) is 0.577.